The van der Waals surface area contributed by atoms with E-state index in [1.165, 1.54) is 5.56 Å². The van der Waals surface area contributed by atoms with Gasteiger partial charge in [0, 0.05) is 49.8 Å². The van der Waals surface area contributed by atoms with Crippen LogP contribution in [0.15, 0.2) is 42.7 Å². The van der Waals surface area contributed by atoms with E-state index in [4.69, 9.17) is 0 Å². The summed E-state index contributed by atoms with van der Waals surface area (Å²) < 4.78 is 1.82. The van der Waals surface area contributed by atoms with Gasteiger partial charge < -0.3 is 10.2 Å². The van der Waals surface area contributed by atoms with Crippen molar-refractivity contribution < 1.29 is 4.79 Å². The standard InChI is InChI=1S/C20H26N4OS.ClH/c1-14-19(15-6-4-3-5-7-15)24(8-9-26-14)20(25)18-12-21-11-17(18)16-10-22-23(2)13-16;/h3-7,10,13-14,17-19,21H,8-9,11-12H2,1-2H3;1H/t14?,17-,18+,19?;/m1./s1. The van der Waals surface area contributed by atoms with Crippen LogP contribution in [0, 0.1) is 5.92 Å². The lowest BCUT2D eigenvalue weighted by atomic mass is 9.88. The van der Waals surface area contributed by atoms with Gasteiger partial charge in [-0.25, -0.2) is 0 Å². The first-order valence-electron chi connectivity index (χ1n) is 9.31. The van der Waals surface area contributed by atoms with Gasteiger partial charge in [-0.2, -0.15) is 16.9 Å². The number of halogens is 1. The fourth-order valence-corrected chi connectivity index (χ4v) is 5.46. The summed E-state index contributed by atoms with van der Waals surface area (Å²) >= 11 is 1.96. The molecule has 1 amide bonds. The van der Waals surface area contributed by atoms with E-state index in [1.807, 2.05) is 42.0 Å². The molecule has 27 heavy (non-hydrogen) atoms. The fraction of sp³-hybridized carbons (Fsp3) is 0.500. The van der Waals surface area contributed by atoms with Crippen LogP contribution in [0.3, 0.4) is 0 Å². The molecule has 1 aromatic carbocycles. The average molecular weight is 407 g/mol. The van der Waals surface area contributed by atoms with E-state index in [0.717, 1.165) is 31.0 Å². The first-order valence-corrected chi connectivity index (χ1v) is 10.4. The highest BCUT2D eigenvalue weighted by molar-refractivity contribution is 8.00. The van der Waals surface area contributed by atoms with Crippen molar-refractivity contribution >= 4 is 30.1 Å². The van der Waals surface area contributed by atoms with Crippen molar-refractivity contribution in [3.05, 3.63) is 53.9 Å². The molecule has 4 rings (SSSR count). The molecule has 2 fully saturated rings. The molecular weight excluding hydrogens is 380 g/mol. The number of hydrogen-bond acceptors (Lipinski definition) is 4. The van der Waals surface area contributed by atoms with Gasteiger partial charge in [0.05, 0.1) is 18.2 Å². The molecule has 7 heteroatoms. The Kier molecular flexibility index (Phi) is 6.50. The van der Waals surface area contributed by atoms with Gasteiger partial charge in [0.15, 0.2) is 0 Å². The predicted octanol–water partition coefficient (Wildman–Crippen LogP) is 2.85. The Balaban J connectivity index is 0.00000210. The number of aryl methyl sites for hydroxylation is 1. The van der Waals surface area contributed by atoms with Gasteiger partial charge in [0.1, 0.15) is 0 Å². The third-order valence-electron chi connectivity index (χ3n) is 5.60. The van der Waals surface area contributed by atoms with Gasteiger partial charge in [-0.05, 0) is 11.1 Å². The summed E-state index contributed by atoms with van der Waals surface area (Å²) in [5.41, 5.74) is 2.40. The molecule has 0 bridgehead atoms. The molecule has 0 saturated carbocycles. The Bertz CT molecular complexity index is 768. The zero-order chi connectivity index (χ0) is 18.1. The minimum atomic E-state index is -0.0132. The first kappa shape index (κ1) is 20.2. The van der Waals surface area contributed by atoms with Crippen molar-refractivity contribution in [2.24, 2.45) is 13.0 Å². The van der Waals surface area contributed by atoms with Gasteiger partial charge in [0.25, 0.3) is 0 Å². The lowest BCUT2D eigenvalue weighted by Crippen LogP contribution is -2.47. The number of thioether (sulfide) groups is 1. The molecule has 3 heterocycles. The SMILES string of the molecule is CC1SCCN(C(=O)[C@H]2CNC[C@@H]2c2cnn(C)c2)C1c1ccccc1.Cl. The molecule has 2 aliphatic heterocycles. The Morgan fingerprint density at radius 1 is 1.22 bits per heavy atom. The molecule has 0 spiro atoms. The first-order chi connectivity index (χ1) is 12.6. The van der Waals surface area contributed by atoms with Gasteiger partial charge in [-0.15, -0.1) is 12.4 Å². The molecular formula is C20H27ClN4OS. The van der Waals surface area contributed by atoms with Crippen LogP contribution in [0.5, 0.6) is 0 Å². The van der Waals surface area contributed by atoms with Gasteiger partial charge in [-0.3, -0.25) is 9.48 Å². The lowest BCUT2D eigenvalue weighted by Gasteiger charge is -2.41. The van der Waals surface area contributed by atoms with E-state index in [-0.39, 0.29) is 36.2 Å². The number of rotatable bonds is 3. The van der Waals surface area contributed by atoms with E-state index in [2.05, 4.69) is 46.5 Å². The van der Waals surface area contributed by atoms with Gasteiger partial charge in [-0.1, -0.05) is 37.3 Å². The van der Waals surface area contributed by atoms with Crippen molar-refractivity contribution in [3.8, 4) is 0 Å². The molecule has 2 unspecified atom stereocenters. The van der Waals surface area contributed by atoms with Crippen LogP contribution in [-0.2, 0) is 11.8 Å². The Labute approximate surface area is 171 Å². The maximum absolute atomic E-state index is 13.6. The molecule has 0 aliphatic carbocycles. The normalized spacial score (nSPS) is 28.0. The van der Waals surface area contributed by atoms with E-state index in [0.29, 0.717) is 5.25 Å². The van der Waals surface area contributed by atoms with Crippen LogP contribution in [0.4, 0.5) is 0 Å². The smallest absolute Gasteiger partial charge is 0.228 e. The number of carbonyl (C=O) groups excluding carboxylic acids is 1. The number of hydrogen-bond donors (Lipinski definition) is 1. The highest BCUT2D eigenvalue weighted by Crippen LogP contribution is 2.39. The van der Waals surface area contributed by atoms with Gasteiger partial charge >= 0.3 is 0 Å². The maximum atomic E-state index is 13.6. The second-order valence-electron chi connectivity index (χ2n) is 7.28. The zero-order valence-corrected chi connectivity index (χ0v) is 17.4. The second-order valence-corrected chi connectivity index (χ2v) is 8.77. The van der Waals surface area contributed by atoms with Crippen LogP contribution in [0.25, 0.3) is 0 Å². The molecule has 1 aromatic heterocycles. The van der Waals surface area contributed by atoms with Crippen LogP contribution in [0.2, 0.25) is 0 Å². The predicted molar refractivity (Wildman–Crippen MR) is 112 cm³/mol. The van der Waals surface area contributed by atoms with E-state index < -0.39 is 0 Å². The molecule has 4 atom stereocenters. The van der Waals surface area contributed by atoms with Crippen LogP contribution in [0.1, 0.15) is 30.0 Å². The topological polar surface area (TPSA) is 50.2 Å². The number of nitrogens with one attached hydrogen (secondary N) is 1. The lowest BCUT2D eigenvalue weighted by molar-refractivity contribution is -0.137. The number of amides is 1. The highest BCUT2D eigenvalue weighted by atomic mass is 35.5. The minimum absolute atomic E-state index is 0. The molecule has 146 valence electrons. The third kappa shape index (κ3) is 4.03. The monoisotopic (exact) mass is 406 g/mol. The summed E-state index contributed by atoms with van der Waals surface area (Å²) in [5.74, 6) is 1.48. The van der Waals surface area contributed by atoms with Crippen molar-refractivity contribution in [2.45, 2.75) is 24.1 Å². The summed E-state index contributed by atoms with van der Waals surface area (Å²) in [6.45, 7) is 4.66. The Morgan fingerprint density at radius 3 is 2.70 bits per heavy atom. The summed E-state index contributed by atoms with van der Waals surface area (Å²) in [5, 5.41) is 8.13. The fourth-order valence-electron chi connectivity index (χ4n) is 4.30. The molecule has 2 aromatic rings. The Morgan fingerprint density at radius 2 is 2.00 bits per heavy atom. The molecule has 2 aliphatic rings. The number of benzene rings is 1. The third-order valence-corrected chi connectivity index (χ3v) is 6.80. The number of nitrogens with zero attached hydrogens (tertiary/aromatic N) is 3. The quantitative estimate of drug-likeness (QED) is 0.851. The van der Waals surface area contributed by atoms with E-state index in [1.54, 1.807) is 0 Å². The van der Waals surface area contributed by atoms with E-state index in [9.17, 15) is 4.79 Å². The van der Waals surface area contributed by atoms with E-state index >= 15 is 0 Å². The summed E-state index contributed by atoms with van der Waals surface area (Å²) in [6, 6.07) is 10.6. The number of carbonyl (C=O) groups is 1. The molecule has 0 radical (unpaired) electrons. The number of aromatic nitrogens is 2. The van der Waals surface area contributed by atoms with Crippen LogP contribution in [-0.4, -0.2) is 51.2 Å². The van der Waals surface area contributed by atoms with Crippen LogP contribution < -0.4 is 5.32 Å². The summed E-state index contributed by atoms with van der Waals surface area (Å²) in [7, 11) is 1.93. The minimum Gasteiger partial charge on any atom is -0.333 e. The summed E-state index contributed by atoms with van der Waals surface area (Å²) in [4.78, 5) is 15.7. The molecule has 2 saturated heterocycles. The summed E-state index contributed by atoms with van der Waals surface area (Å²) in [6.07, 6.45) is 3.95. The highest BCUT2D eigenvalue weighted by Gasteiger charge is 2.41. The average Bonchev–Trinajstić information content (AvgIpc) is 3.30. The Hall–Kier alpha value is -1.50. The largest absolute Gasteiger partial charge is 0.333 e. The maximum Gasteiger partial charge on any atom is 0.228 e. The van der Waals surface area contributed by atoms with Gasteiger partial charge in [0.2, 0.25) is 5.91 Å². The van der Waals surface area contributed by atoms with Crippen LogP contribution >= 0.6 is 24.2 Å². The van der Waals surface area contributed by atoms with Crippen molar-refractivity contribution in [1.29, 1.82) is 0 Å². The van der Waals surface area contributed by atoms with Crippen molar-refractivity contribution in [2.75, 3.05) is 25.4 Å². The zero-order valence-electron chi connectivity index (χ0n) is 15.7. The molecule has 5 nitrogen and oxygen atoms in total. The van der Waals surface area contributed by atoms with Crippen molar-refractivity contribution in [1.82, 2.24) is 20.0 Å². The van der Waals surface area contributed by atoms with Crippen molar-refractivity contribution in [3.63, 3.8) is 0 Å². The second kappa shape index (κ2) is 8.67. The molecule has 1 N–H and O–H groups in total.